The third-order valence-corrected chi connectivity index (χ3v) is 10.3. The molecule has 1 aromatic heterocycles. The van der Waals surface area contributed by atoms with Crippen molar-refractivity contribution in [2.45, 2.75) is 0 Å². The highest BCUT2D eigenvalue weighted by atomic mass is 14.9. The van der Waals surface area contributed by atoms with Crippen LogP contribution < -0.4 is 0 Å². The van der Waals surface area contributed by atoms with Crippen LogP contribution in [0.5, 0.6) is 0 Å². The first-order valence-electron chi connectivity index (χ1n) is 17.7. The number of rotatable bonds is 5. The van der Waals surface area contributed by atoms with Crippen LogP contribution in [0, 0.1) is 0 Å². The highest BCUT2D eigenvalue weighted by molar-refractivity contribution is 6.02. The van der Waals surface area contributed by atoms with Crippen molar-refractivity contribution < 1.29 is 0 Å². The van der Waals surface area contributed by atoms with Crippen LogP contribution in [0.2, 0.25) is 0 Å². The molecule has 52 heavy (non-hydrogen) atoms. The van der Waals surface area contributed by atoms with Crippen molar-refractivity contribution in [1.82, 2.24) is 9.97 Å². The molecular weight excluding hydrogens is 629 g/mol. The monoisotopic (exact) mass is 660 g/mol. The average molecular weight is 661 g/mol. The fraction of sp³-hybridized carbons (Fsp3) is 0. The van der Waals surface area contributed by atoms with Crippen molar-refractivity contribution in [2.24, 2.45) is 0 Å². The minimum atomic E-state index is 0.707. The van der Waals surface area contributed by atoms with Gasteiger partial charge >= 0.3 is 0 Å². The summed E-state index contributed by atoms with van der Waals surface area (Å²) in [6.45, 7) is 0. The third-order valence-electron chi connectivity index (χ3n) is 10.3. The van der Waals surface area contributed by atoms with Crippen molar-refractivity contribution in [1.29, 1.82) is 0 Å². The molecule has 9 aromatic carbocycles. The van der Waals surface area contributed by atoms with Crippen molar-refractivity contribution in [3.8, 4) is 56.2 Å². The average Bonchev–Trinajstić information content (AvgIpc) is 3.22. The van der Waals surface area contributed by atoms with Gasteiger partial charge in [-0.3, -0.25) is 0 Å². The molecule has 1 heterocycles. The van der Waals surface area contributed by atoms with Crippen LogP contribution in [0.1, 0.15) is 0 Å². The van der Waals surface area contributed by atoms with Crippen LogP contribution in [0.3, 0.4) is 0 Å². The number of benzene rings is 9. The summed E-state index contributed by atoms with van der Waals surface area (Å²) in [5.41, 5.74) is 9.82. The van der Waals surface area contributed by atoms with Gasteiger partial charge in [-0.05, 0) is 89.6 Å². The van der Waals surface area contributed by atoms with Crippen molar-refractivity contribution in [3.63, 3.8) is 0 Å². The van der Waals surface area contributed by atoms with E-state index in [4.69, 9.17) is 9.97 Å². The number of aromatic nitrogens is 2. The van der Waals surface area contributed by atoms with E-state index < -0.39 is 0 Å². The molecule has 0 aliphatic carbocycles. The summed E-state index contributed by atoms with van der Waals surface area (Å²) in [6, 6.07) is 69.3. The van der Waals surface area contributed by atoms with E-state index in [1.807, 2.05) is 0 Å². The molecule has 0 radical (unpaired) electrons. The smallest absolute Gasteiger partial charge is 0.160 e. The first-order valence-corrected chi connectivity index (χ1v) is 17.7. The Bertz CT molecular complexity index is 2950. The standard InChI is InChI=1S/C50H32N2/c1-2-11-33(12-3-1)36-27-28-45-39(29-36)17-10-22-47(45)49-32-48(46-21-9-16-35-14-5-7-19-43(35)46)51-50(52-49)41-26-24-37-30-40(25-23-38(37)31-41)44-20-8-15-34-13-4-6-18-42(34)44/h1-32H. The predicted octanol–water partition coefficient (Wildman–Crippen LogP) is 13.4. The van der Waals surface area contributed by atoms with Gasteiger partial charge in [0.15, 0.2) is 5.82 Å². The summed E-state index contributed by atoms with van der Waals surface area (Å²) in [5, 5.41) is 9.55. The number of hydrogen-bond donors (Lipinski definition) is 0. The molecule has 2 heteroatoms. The topological polar surface area (TPSA) is 25.8 Å². The van der Waals surface area contributed by atoms with Gasteiger partial charge in [0.05, 0.1) is 11.4 Å². The molecular formula is C50H32N2. The normalized spacial score (nSPS) is 11.5. The molecule has 0 saturated heterocycles. The van der Waals surface area contributed by atoms with E-state index in [1.54, 1.807) is 0 Å². The Hall–Kier alpha value is -6.90. The highest BCUT2D eigenvalue weighted by Gasteiger charge is 2.15. The molecule has 10 rings (SSSR count). The van der Waals surface area contributed by atoms with Gasteiger partial charge in [0.1, 0.15) is 0 Å². The molecule has 0 N–H and O–H groups in total. The fourth-order valence-electron chi connectivity index (χ4n) is 7.65. The summed E-state index contributed by atoms with van der Waals surface area (Å²) < 4.78 is 0. The van der Waals surface area contributed by atoms with Crippen molar-refractivity contribution in [3.05, 3.63) is 194 Å². The molecule has 0 spiro atoms. The van der Waals surface area contributed by atoms with Gasteiger partial charge in [-0.25, -0.2) is 9.97 Å². The van der Waals surface area contributed by atoms with Gasteiger partial charge in [0.25, 0.3) is 0 Å². The minimum absolute atomic E-state index is 0.707. The van der Waals surface area contributed by atoms with Crippen LogP contribution in [0.4, 0.5) is 0 Å². The lowest BCUT2D eigenvalue weighted by Gasteiger charge is -2.14. The van der Waals surface area contributed by atoms with E-state index in [0.717, 1.165) is 38.9 Å². The second-order valence-corrected chi connectivity index (χ2v) is 13.4. The van der Waals surface area contributed by atoms with E-state index in [2.05, 4.69) is 194 Å². The zero-order valence-corrected chi connectivity index (χ0v) is 28.4. The van der Waals surface area contributed by atoms with E-state index >= 15 is 0 Å². The first kappa shape index (κ1) is 30.0. The summed E-state index contributed by atoms with van der Waals surface area (Å²) in [5.74, 6) is 0.707. The molecule has 0 amide bonds. The Morgan fingerprint density at radius 2 is 0.731 bits per heavy atom. The molecule has 0 fully saturated rings. The van der Waals surface area contributed by atoms with E-state index in [1.165, 1.54) is 54.6 Å². The lowest BCUT2D eigenvalue weighted by molar-refractivity contribution is 1.19. The summed E-state index contributed by atoms with van der Waals surface area (Å²) in [7, 11) is 0. The summed E-state index contributed by atoms with van der Waals surface area (Å²) in [4.78, 5) is 10.6. The summed E-state index contributed by atoms with van der Waals surface area (Å²) in [6.07, 6.45) is 0. The Kier molecular flexibility index (Phi) is 7.18. The lowest BCUT2D eigenvalue weighted by Crippen LogP contribution is -1.97. The largest absolute Gasteiger partial charge is 0.228 e. The predicted molar refractivity (Wildman–Crippen MR) is 219 cm³/mol. The maximum absolute atomic E-state index is 5.31. The van der Waals surface area contributed by atoms with Crippen LogP contribution >= 0.6 is 0 Å². The number of fused-ring (bicyclic) bond motifs is 4. The van der Waals surface area contributed by atoms with Gasteiger partial charge in [0, 0.05) is 16.7 Å². The van der Waals surface area contributed by atoms with Crippen LogP contribution in [-0.4, -0.2) is 9.97 Å². The van der Waals surface area contributed by atoms with E-state index in [0.29, 0.717) is 5.82 Å². The maximum Gasteiger partial charge on any atom is 0.160 e. The first-order chi connectivity index (χ1) is 25.7. The number of hydrogen-bond acceptors (Lipinski definition) is 2. The maximum atomic E-state index is 5.31. The fourth-order valence-corrected chi connectivity index (χ4v) is 7.65. The molecule has 0 aliphatic rings. The molecule has 242 valence electrons. The van der Waals surface area contributed by atoms with E-state index in [9.17, 15) is 0 Å². The Morgan fingerprint density at radius 3 is 1.42 bits per heavy atom. The van der Waals surface area contributed by atoms with Crippen molar-refractivity contribution in [2.75, 3.05) is 0 Å². The zero-order chi connectivity index (χ0) is 34.4. The summed E-state index contributed by atoms with van der Waals surface area (Å²) >= 11 is 0. The van der Waals surface area contributed by atoms with Gasteiger partial charge in [-0.1, -0.05) is 170 Å². The van der Waals surface area contributed by atoms with Crippen LogP contribution in [-0.2, 0) is 0 Å². The number of nitrogens with zero attached hydrogens (tertiary/aromatic N) is 2. The van der Waals surface area contributed by atoms with Crippen LogP contribution in [0.15, 0.2) is 194 Å². The van der Waals surface area contributed by atoms with Gasteiger partial charge < -0.3 is 0 Å². The molecule has 0 aliphatic heterocycles. The molecule has 0 bridgehead atoms. The minimum Gasteiger partial charge on any atom is -0.228 e. The van der Waals surface area contributed by atoms with E-state index in [-0.39, 0.29) is 0 Å². The molecule has 0 atom stereocenters. The zero-order valence-electron chi connectivity index (χ0n) is 28.4. The molecule has 0 saturated carbocycles. The van der Waals surface area contributed by atoms with Crippen molar-refractivity contribution >= 4 is 43.1 Å². The Balaban J connectivity index is 1.13. The van der Waals surface area contributed by atoms with Crippen LogP contribution in [0.25, 0.3) is 99.2 Å². The third kappa shape index (κ3) is 5.30. The van der Waals surface area contributed by atoms with Gasteiger partial charge in [0.2, 0.25) is 0 Å². The second kappa shape index (κ2) is 12.5. The molecule has 2 nitrogen and oxygen atoms in total. The second-order valence-electron chi connectivity index (χ2n) is 13.4. The highest BCUT2D eigenvalue weighted by Crippen LogP contribution is 2.37. The SMILES string of the molecule is c1ccc(-c2ccc3c(-c4cc(-c5cccc6ccccc56)nc(-c5ccc6cc(-c7cccc8ccccc78)ccc6c5)n4)cccc3c2)cc1. The molecule has 0 unspecified atom stereocenters. The quantitative estimate of drug-likeness (QED) is 0.184. The Morgan fingerprint density at radius 1 is 0.250 bits per heavy atom. The lowest BCUT2D eigenvalue weighted by atomic mass is 9.95. The Labute approximate surface area is 302 Å². The van der Waals surface area contributed by atoms with Gasteiger partial charge in [-0.2, -0.15) is 0 Å². The molecule has 10 aromatic rings. The van der Waals surface area contributed by atoms with Gasteiger partial charge in [-0.15, -0.1) is 0 Å².